The smallest absolute Gasteiger partial charge is 0.332 e. The number of benzene rings is 1. The summed E-state index contributed by atoms with van der Waals surface area (Å²) in [5.74, 6) is 0. The fraction of sp³-hybridized carbons (Fsp3) is 0.500. The van der Waals surface area contributed by atoms with Crippen LogP contribution >= 0.6 is 23.5 Å². The lowest BCUT2D eigenvalue weighted by atomic mass is 10.2. The summed E-state index contributed by atoms with van der Waals surface area (Å²) in [5, 5.41) is 0. The van der Waals surface area contributed by atoms with Gasteiger partial charge in [0.25, 0.3) is 0 Å². The molecule has 110 valence electrons. The fourth-order valence-electron chi connectivity index (χ4n) is 1.32. The third-order valence-electron chi connectivity index (χ3n) is 2.35. The minimum absolute atomic E-state index is 0. The molecule has 1 atom stereocenters. The van der Waals surface area contributed by atoms with Crippen molar-refractivity contribution in [2.24, 2.45) is 0 Å². The fourth-order valence-corrected chi connectivity index (χ4v) is 2.72. The minimum Gasteiger partial charge on any atom is -1.00 e. The Bertz CT molecular complexity index is 434. The summed E-state index contributed by atoms with van der Waals surface area (Å²) in [6.45, 7) is 0.985. The summed E-state index contributed by atoms with van der Waals surface area (Å²) in [6.07, 6.45) is 0.0530. The Morgan fingerprint density at radius 1 is 1.26 bits per heavy atom. The number of halogens is 2. The highest BCUT2D eigenvalue weighted by Gasteiger charge is 2.21. The normalized spacial score (nSPS) is 14.6. The molecule has 0 bridgehead atoms. The first-order valence-corrected chi connectivity index (χ1v) is 8.25. The van der Waals surface area contributed by atoms with Gasteiger partial charge in [-0.15, -0.1) is 0 Å². The van der Waals surface area contributed by atoms with Crippen LogP contribution in [0.1, 0.15) is 5.56 Å². The quantitative estimate of drug-likeness (QED) is 0.363. The van der Waals surface area contributed by atoms with Crippen molar-refractivity contribution in [3.05, 3.63) is 34.3 Å². The van der Waals surface area contributed by atoms with E-state index in [1.54, 1.807) is 0 Å². The molecule has 0 heterocycles. The largest absolute Gasteiger partial charge is 1.00 e. The van der Waals surface area contributed by atoms with Crippen molar-refractivity contribution in [3.8, 4) is 0 Å². The maximum atomic E-state index is 11.9. The van der Waals surface area contributed by atoms with E-state index in [4.69, 9.17) is 4.52 Å². The van der Waals surface area contributed by atoms with Gasteiger partial charge < -0.3 is 37.9 Å². The van der Waals surface area contributed by atoms with Crippen LogP contribution in [0, 0.1) is 0 Å². The van der Waals surface area contributed by atoms with Crippen LogP contribution in [0.4, 0.5) is 0 Å². The molecule has 0 aliphatic heterocycles. The molecular weight excluding hydrogens is 444 g/mol. The van der Waals surface area contributed by atoms with Crippen molar-refractivity contribution in [1.82, 2.24) is 0 Å². The molecule has 19 heavy (non-hydrogen) atoms. The number of rotatable bonds is 6. The van der Waals surface area contributed by atoms with Crippen LogP contribution in [0.5, 0.6) is 0 Å². The van der Waals surface area contributed by atoms with E-state index >= 15 is 0 Å². The molecule has 0 saturated heterocycles. The van der Waals surface area contributed by atoms with E-state index in [0.717, 1.165) is 10.0 Å². The van der Waals surface area contributed by atoms with Crippen molar-refractivity contribution in [3.63, 3.8) is 0 Å². The van der Waals surface area contributed by atoms with E-state index in [9.17, 15) is 9.46 Å². The highest BCUT2D eigenvalue weighted by atomic mass is 127. The number of likely N-dealkylation sites (N-methyl/N-ethyl adjacent to an activating group) is 1. The zero-order valence-electron chi connectivity index (χ0n) is 11.3. The zero-order chi connectivity index (χ0) is 13.8. The van der Waals surface area contributed by atoms with E-state index in [1.165, 1.54) is 0 Å². The Morgan fingerprint density at radius 2 is 1.79 bits per heavy atom. The molecule has 1 N–H and O–H groups in total. The molecule has 1 aromatic carbocycles. The van der Waals surface area contributed by atoms with Gasteiger partial charge >= 0.3 is 7.60 Å². The molecule has 1 rings (SSSR count). The monoisotopic (exact) mass is 463 g/mol. The van der Waals surface area contributed by atoms with Gasteiger partial charge in [0.1, 0.15) is 13.2 Å². The lowest BCUT2D eigenvalue weighted by Gasteiger charge is -2.24. The van der Waals surface area contributed by atoms with Crippen LogP contribution in [0.2, 0.25) is 0 Å². The first-order valence-electron chi connectivity index (χ1n) is 5.69. The van der Waals surface area contributed by atoms with Crippen molar-refractivity contribution >= 4 is 23.5 Å². The summed E-state index contributed by atoms with van der Waals surface area (Å²) < 4.78 is 18.6. The Labute approximate surface area is 140 Å². The first-order chi connectivity index (χ1) is 8.18. The van der Waals surface area contributed by atoms with Gasteiger partial charge in [-0.3, -0.25) is 4.57 Å². The van der Waals surface area contributed by atoms with Gasteiger partial charge in [0.15, 0.2) is 0 Å². The minimum atomic E-state index is -3.54. The number of nitrogens with zero attached hydrogens (tertiary/aromatic N) is 1. The van der Waals surface area contributed by atoms with Crippen LogP contribution < -0.4 is 24.0 Å². The second-order valence-corrected chi connectivity index (χ2v) is 8.03. The number of quaternary nitrogens is 1. The predicted molar refractivity (Wildman–Crippen MR) is 76.5 cm³/mol. The van der Waals surface area contributed by atoms with Gasteiger partial charge in [0.2, 0.25) is 0 Å². The average molecular weight is 464 g/mol. The molecular formula is C12H20BrINO3P. The summed E-state index contributed by atoms with van der Waals surface area (Å²) in [7, 11) is 2.50. The lowest BCUT2D eigenvalue weighted by Crippen LogP contribution is -3.00. The first kappa shape index (κ1) is 19.5. The topological polar surface area (TPSA) is 46.5 Å². The SMILES string of the molecule is C[N+](C)(C)CCOP(=O)(O)Cc1ccc(Br)cc1.[I-]. The van der Waals surface area contributed by atoms with Crippen LogP contribution in [-0.2, 0) is 15.3 Å². The van der Waals surface area contributed by atoms with Gasteiger partial charge in [0.05, 0.1) is 27.3 Å². The molecule has 0 spiro atoms. The van der Waals surface area contributed by atoms with E-state index in [0.29, 0.717) is 11.0 Å². The second kappa shape index (κ2) is 8.10. The average Bonchev–Trinajstić information content (AvgIpc) is 2.18. The molecule has 0 aromatic heterocycles. The predicted octanol–water partition coefficient (Wildman–Crippen LogP) is -0.139. The summed E-state index contributed by atoms with van der Waals surface area (Å²) >= 11 is 3.32. The second-order valence-electron chi connectivity index (χ2n) is 5.27. The van der Waals surface area contributed by atoms with Crippen molar-refractivity contribution in [2.75, 3.05) is 34.3 Å². The maximum absolute atomic E-state index is 11.9. The molecule has 1 unspecified atom stereocenters. The van der Waals surface area contributed by atoms with Gasteiger partial charge in [-0.05, 0) is 17.7 Å². The van der Waals surface area contributed by atoms with Crippen LogP contribution in [-0.4, -0.2) is 43.7 Å². The molecule has 0 aliphatic carbocycles. The summed E-state index contributed by atoms with van der Waals surface area (Å²) in [6, 6.07) is 7.33. The van der Waals surface area contributed by atoms with Crippen molar-refractivity contribution < 1.29 is 42.4 Å². The van der Waals surface area contributed by atoms with Crippen molar-refractivity contribution in [1.29, 1.82) is 0 Å². The van der Waals surface area contributed by atoms with Crippen LogP contribution in [0.3, 0.4) is 0 Å². The molecule has 0 aliphatic rings. The lowest BCUT2D eigenvalue weighted by molar-refractivity contribution is -0.870. The van der Waals surface area contributed by atoms with Crippen LogP contribution in [0.25, 0.3) is 0 Å². The Kier molecular flexibility index (Phi) is 8.33. The zero-order valence-corrected chi connectivity index (χ0v) is 16.0. The van der Waals surface area contributed by atoms with E-state index in [2.05, 4.69) is 15.9 Å². The van der Waals surface area contributed by atoms with Gasteiger partial charge in [0, 0.05) is 4.47 Å². The van der Waals surface area contributed by atoms with Crippen molar-refractivity contribution in [2.45, 2.75) is 6.16 Å². The Hall–Kier alpha value is 0.540. The van der Waals surface area contributed by atoms with E-state index in [1.807, 2.05) is 45.4 Å². The molecule has 7 heteroatoms. The molecule has 0 amide bonds. The number of hydrogen-bond acceptors (Lipinski definition) is 2. The highest BCUT2D eigenvalue weighted by Crippen LogP contribution is 2.45. The Morgan fingerprint density at radius 3 is 2.26 bits per heavy atom. The molecule has 1 aromatic rings. The molecule has 0 saturated carbocycles. The third kappa shape index (κ3) is 9.15. The maximum Gasteiger partial charge on any atom is 0.332 e. The molecule has 4 nitrogen and oxygen atoms in total. The molecule has 0 radical (unpaired) electrons. The third-order valence-corrected chi connectivity index (χ3v) is 4.23. The summed E-state index contributed by atoms with van der Waals surface area (Å²) in [4.78, 5) is 9.75. The van der Waals surface area contributed by atoms with E-state index in [-0.39, 0.29) is 36.7 Å². The van der Waals surface area contributed by atoms with E-state index < -0.39 is 7.60 Å². The van der Waals surface area contributed by atoms with Gasteiger partial charge in [-0.1, -0.05) is 28.1 Å². The standard InChI is InChI=1S/C12H19BrNO3P.HI/c1-14(2,3)8-9-17-18(15,16)10-11-4-6-12(13)7-5-11;/h4-7H,8-10H2,1-3H3;1H. The summed E-state index contributed by atoms with van der Waals surface area (Å²) in [5.41, 5.74) is 0.800. The highest BCUT2D eigenvalue weighted by molar-refractivity contribution is 9.10. The van der Waals surface area contributed by atoms with Gasteiger partial charge in [-0.2, -0.15) is 0 Å². The van der Waals surface area contributed by atoms with Crippen LogP contribution in [0.15, 0.2) is 28.7 Å². The number of hydrogen-bond donors (Lipinski definition) is 1. The Balaban J connectivity index is 0.00000324. The van der Waals surface area contributed by atoms with Gasteiger partial charge in [-0.25, -0.2) is 0 Å². The molecule has 0 fully saturated rings.